The van der Waals surface area contributed by atoms with Crippen molar-refractivity contribution < 1.29 is 10.2 Å². The topological polar surface area (TPSA) is 65.4 Å². The molecule has 1 aromatic heterocycles. The Morgan fingerprint density at radius 3 is 2.47 bits per heavy atom. The Bertz CT molecular complexity index is 513. The summed E-state index contributed by atoms with van der Waals surface area (Å²) in [5.74, 6) is 0.150. The highest BCUT2D eigenvalue weighted by Gasteiger charge is 2.24. The molecule has 0 bridgehead atoms. The van der Waals surface area contributed by atoms with Crippen LogP contribution in [-0.4, -0.2) is 21.8 Å². The van der Waals surface area contributed by atoms with E-state index < -0.39 is 5.54 Å². The maximum absolute atomic E-state index is 9.64. The van der Waals surface area contributed by atoms with E-state index in [-0.39, 0.29) is 12.4 Å². The van der Waals surface area contributed by atoms with E-state index in [2.05, 4.69) is 10.3 Å². The molecule has 1 aromatic carbocycles. The molecule has 4 nitrogen and oxygen atoms in total. The quantitative estimate of drug-likeness (QED) is 0.765. The Morgan fingerprint density at radius 1 is 1.16 bits per heavy atom. The molecule has 2 aromatic rings. The second-order valence-corrected chi connectivity index (χ2v) is 4.72. The first-order chi connectivity index (χ1) is 9.14. The van der Waals surface area contributed by atoms with Gasteiger partial charge in [-0.1, -0.05) is 30.3 Å². The number of aliphatic hydroxyl groups is 1. The summed E-state index contributed by atoms with van der Waals surface area (Å²) in [5, 5.41) is 22.1. The molecule has 3 N–H and O–H groups in total. The highest BCUT2D eigenvalue weighted by Crippen LogP contribution is 2.20. The summed E-state index contributed by atoms with van der Waals surface area (Å²) in [6.07, 6.45) is 1.41. The molecule has 1 atom stereocenters. The van der Waals surface area contributed by atoms with Gasteiger partial charge in [-0.15, -0.1) is 0 Å². The molecule has 0 spiro atoms. The van der Waals surface area contributed by atoms with E-state index in [0.29, 0.717) is 6.54 Å². The third-order valence-corrected chi connectivity index (χ3v) is 3.20. The molecule has 1 heterocycles. The van der Waals surface area contributed by atoms with Gasteiger partial charge in [-0.25, -0.2) is 0 Å². The Kier molecular flexibility index (Phi) is 4.14. The molecule has 4 heteroatoms. The lowest BCUT2D eigenvalue weighted by Crippen LogP contribution is -2.42. The van der Waals surface area contributed by atoms with Gasteiger partial charge in [-0.2, -0.15) is 0 Å². The lowest BCUT2D eigenvalue weighted by molar-refractivity contribution is 0.173. The third kappa shape index (κ3) is 3.30. The molecule has 0 saturated carbocycles. The summed E-state index contributed by atoms with van der Waals surface area (Å²) in [6.45, 7) is 2.46. The van der Waals surface area contributed by atoms with Gasteiger partial charge in [0, 0.05) is 6.54 Å². The smallest absolute Gasteiger partial charge is 0.133 e. The van der Waals surface area contributed by atoms with E-state index in [1.54, 1.807) is 12.1 Å². The number of aromatic nitrogens is 1. The maximum atomic E-state index is 9.64. The van der Waals surface area contributed by atoms with Crippen LogP contribution in [0.5, 0.6) is 5.75 Å². The maximum Gasteiger partial charge on any atom is 0.133 e. The second-order valence-electron chi connectivity index (χ2n) is 4.72. The summed E-state index contributed by atoms with van der Waals surface area (Å²) in [4.78, 5) is 4.12. The van der Waals surface area contributed by atoms with Crippen LogP contribution < -0.4 is 5.32 Å². The van der Waals surface area contributed by atoms with Crippen molar-refractivity contribution in [2.45, 2.75) is 19.0 Å². The van der Waals surface area contributed by atoms with E-state index in [0.717, 1.165) is 11.3 Å². The van der Waals surface area contributed by atoms with Crippen LogP contribution >= 0.6 is 0 Å². The van der Waals surface area contributed by atoms with Crippen molar-refractivity contribution in [1.29, 1.82) is 0 Å². The van der Waals surface area contributed by atoms with Gasteiger partial charge in [0.15, 0.2) is 0 Å². The molecule has 19 heavy (non-hydrogen) atoms. The first-order valence-corrected chi connectivity index (χ1v) is 6.19. The van der Waals surface area contributed by atoms with E-state index >= 15 is 0 Å². The van der Waals surface area contributed by atoms with E-state index in [4.69, 9.17) is 0 Å². The fourth-order valence-corrected chi connectivity index (χ4v) is 1.86. The summed E-state index contributed by atoms with van der Waals surface area (Å²) < 4.78 is 0. The van der Waals surface area contributed by atoms with Gasteiger partial charge in [-0.05, 0) is 24.6 Å². The molecular formula is C15H18N2O2. The van der Waals surface area contributed by atoms with Crippen LogP contribution in [0.1, 0.15) is 18.2 Å². The van der Waals surface area contributed by atoms with Gasteiger partial charge in [0.2, 0.25) is 0 Å². The molecule has 2 rings (SSSR count). The van der Waals surface area contributed by atoms with E-state index in [9.17, 15) is 10.2 Å². The molecule has 100 valence electrons. The zero-order chi connectivity index (χ0) is 13.7. The Hall–Kier alpha value is -1.91. The van der Waals surface area contributed by atoms with Crippen molar-refractivity contribution in [3.8, 4) is 5.75 Å². The lowest BCUT2D eigenvalue weighted by Gasteiger charge is -2.29. The van der Waals surface area contributed by atoms with Crippen LogP contribution in [0.3, 0.4) is 0 Å². The fraction of sp³-hybridized carbons (Fsp3) is 0.267. The SMILES string of the molecule is CC(CO)(NCc1ccc(O)cn1)c1ccccc1. The first-order valence-electron chi connectivity index (χ1n) is 6.19. The lowest BCUT2D eigenvalue weighted by atomic mass is 9.93. The normalized spacial score (nSPS) is 14.0. The molecular weight excluding hydrogens is 240 g/mol. The molecule has 0 radical (unpaired) electrons. The Balaban J connectivity index is 2.09. The number of hydrogen-bond acceptors (Lipinski definition) is 4. The zero-order valence-electron chi connectivity index (χ0n) is 10.9. The highest BCUT2D eigenvalue weighted by molar-refractivity contribution is 5.24. The van der Waals surface area contributed by atoms with E-state index in [1.165, 1.54) is 6.20 Å². The Labute approximate surface area is 112 Å². The van der Waals surface area contributed by atoms with Crippen LogP contribution in [0.25, 0.3) is 0 Å². The number of aliphatic hydroxyl groups excluding tert-OH is 1. The second kappa shape index (κ2) is 5.82. The molecule has 0 fully saturated rings. The molecule has 0 saturated heterocycles. The predicted octanol–water partition coefficient (Wildman–Crippen LogP) is 1.78. The number of nitrogens with zero attached hydrogens (tertiary/aromatic N) is 1. The van der Waals surface area contributed by atoms with Crippen molar-refractivity contribution in [1.82, 2.24) is 10.3 Å². The average Bonchev–Trinajstić information content (AvgIpc) is 2.47. The zero-order valence-corrected chi connectivity index (χ0v) is 10.9. The summed E-state index contributed by atoms with van der Waals surface area (Å²) in [7, 11) is 0. The van der Waals surface area contributed by atoms with Gasteiger partial charge in [0.1, 0.15) is 5.75 Å². The predicted molar refractivity (Wildman–Crippen MR) is 73.6 cm³/mol. The minimum atomic E-state index is -0.513. The van der Waals surface area contributed by atoms with Gasteiger partial charge >= 0.3 is 0 Å². The van der Waals surface area contributed by atoms with Crippen LogP contribution in [-0.2, 0) is 12.1 Å². The Morgan fingerprint density at radius 2 is 1.89 bits per heavy atom. The average molecular weight is 258 g/mol. The fourth-order valence-electron chi connectivity index (χ4n) is 1.86. The van der Waals surface area contributed by atoms with Gasteiger partial charge in [0.25, 0.3) is 0 Å². The van der Waals surface area contributed by atoms with Crippen molar-refractivity contribution in [2.24, 2.45) is 0 Å². The van der Waals surface area contributed by atoms with Crippen molar-refractivity contribution >= 4 is 0 Å². The molecule has 0 aliphatic carbocycles. The summed E-state index contributed by atoms with van der Waals surface area (Å²) >= 11 is 0. The van der Waals surface area contributed by atoms with E-state index in [1.807, 2.05) is 37.3 Å². The number of nitrogens with one attached hydrogen (secondary N) is 1. The first kappa shape index (κ1) is 13.5. The van der Waals surface area contributed by atoms with Crippen molar-refractivity contribution in [2.75, 3.05) is 6.61 Å². The van der Waals surface area contributed by atoms with Gasteiger partial charge < -0.3 is 15.5 Å². The van der Waals surface area contributed by atoms with Crippen molar-refractivity contribution in [3.05, 3.63) is 59.9 Å². The highest BCUT2D eigenvalue weighted by atomic mass is 16.3. The summed E-state index contributed by atoms with van der Waals surface area (Å²) in [6, 6.07) is 13.2. The van der Waals surface area contributed by atoms with Crippen LogP contribution in [0.15, 0.2) is 48.7 Å². The number of pyridine rings is 1. The van der Waals surface area contributed by atoms with Gasteiger partial charge in [0.05, 0.1) is 24.0 Å². The molecule has 0 aliphatic rings. The number of benzene rings is 1. The van der Waals surface area contributed by atoms with Crippen LogP contribution in [0, 0.1) is 0 Å². The molecule has 0 amide bonds. The minimum absolute atomic E-state index is 0.00486. The molecule has 0 aliphatic heterocycles. The standard InChI is InChI=1S/C15H18N2O2/c1-15(11-18,12-5-3-2-4-6-12)17-9-13-7-8-14(19)10-16-13/h2-8,10,17-19H,9,11H2,1H3. The third-order valence-electron chi connectivity index (χ3n) is 3.20. The number of hydrogen-bond donors (Lipinski definition) is 3. The van der Waals surface area contributed by atoms with Gasteiger partial charge in [-0.3, -0.25) is 4.98 Å². The van der Waals surface area contributed by atoms with Crippen molar-refractivity contribution in [3.63, 3.8) is 0 Å². The monoisotopic (exact) mass is 258 g/mol. The number of aromatic hydroxyl groups is 1. The largest absolute Gasteiger partial charge is 0.506 e. The molecule has 1 unspecified atom stereocenters. The summed E-state index contributed by atoms with van der Waals surface area (Å²) in [5.41, 5.74) is 1.32. The van der Waals surface area contributed by atoms with Crippen LogP contribution in [0.4, 0.5) is 0 Å². The number of rotatable bonds is 5. The van der Waals surface area contributed by atoms with Crippen LogP contribution in [0.2, 0.25) is 0 Å². The minimum Gasteiger partial charge on any atom is -0.506 e.